The Morgan fingerprint density at radius 1 is 1.14 bits per heavy atom. The maximum Gasteiger partial charge on any atom is 0.0406 e. The van der Waals surface area contributed by atoms with E-state index >= 15 is 0 Å². The van der Waals surface area contributed by atoms with Gasteiger partial charge in [-0.2, -0.15) is 0 Å². The van der Waals surface area contributed by atoms with Gasteiger partial charge in [0, 0.05) is 29.7 Å². The van der Waals surface area contributed by atoms with Crippen molar-refractivity contribution in [1.29, 1.82) is 0 Å². The summed E-state index contributed by atoms with van der Waals surface area (Å²) in [5, 5.41) is 8.44. The highest BCUT2D eigenvalue weighted by atomic mass is 35.5. The zero-order valence-corrected chi connectivity index (χ0v) is 14.8. The molecule has 1 aliphatic carbocycles. The van der Waals surface area contributed by atoms with Crippen LogP contribution in [0.3, 0.4) is 0 Å². The van der Waals surface area contributed by atoms with Crippen molar-refractivity contribution in [1.82, 2.24) is 10.6 Å². The van der Waals surface area contributed by atoms with Crippen molar-refractivity contribution < 1.29 is 0 Å². The third-order valence-electron chi connectivity index (χ3n) is 4.74. The first-order chi connectivity index (χ1) is 10.7. The molecule has 124 valence electrons. The van der Waals surface area contributed by atoms with Gasteiger partial charge in [-0.3, -0.25) is 0 Å². The van der Waals surface area contributed by atoms with Crippen LogP contribution in [0.4, 0.5) is 0 Å². The van der Waals surface area contributed by atoms with Gasteiger partial charge in [-0.05, 0) is 43.9 Å². The fourth-order valence-corrected chi connectivity index (χ4v) is 3.51. The molecular weight excluding hydrogens is 292 g/mol. The lowest BCUT2D eigenvalue weighted by Crippen LogP contribution is -2.52. The van der Waals surface area contributed by atoms with Crippen LogP contribution in [0, 0.1) is 0 Å². The van der Waals surface area contributed by atoms with Crippen LogP contribution in [0.5, 0.6) is 0 Å². The summed E-state index contributed by atoms with van der Waals surface area (Å²) in [5.74, 6) is 0. The number of unbranched alkanes of at least 4 members (excludes halogenated alkanes) is 1. The second-order valence-corrected chi connectivity index (χ2v) is 7.15. The molecule has 1 fully saturated rings. The molecule has 1 aliphatic rings. The highest BCUT2D eigenvalue weighted by Crippen LogP contribution is 2.20. The fraction of sp³-hybridized carbons (Fsp3) is 0.684. The number of halogens is 1. The Kier molecular flexibility index (Phi) is 7.71. The summed E-state index contributed by atoms with van der Waals surface area (Å²) in [4.78, 5) is 0. The monoisotopic (exact) mass is 322 g/mol. The summed E-state index contributed by atoms with van der Waals surface area (Å²) < 4.78 is 0. The predicted molar refractivity (Wildman–Crippen MR) is 96.5 cm³/mol. The molecular formula is C19H31ClN2. The Hall–Kier alpha value is -0.570. The van der Waals surface area contributed by atoms with Gasteiger partial charge in [0.25, 0.3) is 0 Å². The van der Waals surface area contributed by atoms with E-state index in [0.717, 1.165) is 11.6 Å². The van der Waals surface area contributed by atoms with Crippen molar-refractivity contribution in [3.8, 4) is 0 Å². The topological polar surface area (TPSA) is 24.1 Å². The quantitative estimate of drug-likeness (QED) is 0.710. The number of rotatable bonds is 8. The molecule has 3 atom stereocenters. The highest BCUT2D eigenvalue weighted by molar-refractivity contribution is 6.30. The zero-order valence-electron chi connectivity index (χ0n) is 14.1. The van der Waals surface area contributed by atoms with Crippen molar-refractivity contribution >= 4 is 11.6 Å². The molecule has 0 saturated heterocycles. The van der Waals surface area contributed by atoms with Crippen molar-refractivity contribution in [2.24, 2.45) is 0 Å². The first-order valence-corrected chi connectivity index (χ1v) is 9.30. The molecule has 1 aromatic carbocycles. The van der Waals surface area contributed by atoms with Gasteiger partial charge in [0.1, 0.15) is 0 Å². The van der Waals surface area contributed by atoms with Gasteiger partial charge >= 0.3 is 0 Å². The third-order valence-corrected chi connectivity index (χ3v) is 4.99. The van der Waals surface area contributed by atoms with Crippen LogP contribution in [0.1, 0.15) is 64.4 Å². The number of hydrogen-bond acceptors (Lipinski definition) is 2. The Morgan fingerprint density at radius 2 is 1.82 bits per heavy atom. The minimum atomic E-state index is 0.591. The molecule has 0 aromatic heterocycles. The molecule has 1 saturated carbocycles. The molecule has 0 aliphatic heterocycles. The van der Waals surface area contributed by atoms with Crippen molar-refractivity contribution in [3.63, 3.8) is 0 Å². The molecule has 0 bridgehead atoms. The number of nitrogens with one attached hydrogen (secondary N) is 2. The van der Waals surface area contributed by atoms with E-state index in [4.69, 9.17) is 11.6 Å². The van der Waals surface area contributed by atoms with E-state index in [9.17, 15) is 0 Å². The van der Waals surface area contributed by atoms with Crippen LogP contribution in [0.2, 0.25) is 5.02 Å². The SMILES string of the molecule is CCCCC(C)N[C@@H]1CCCC[C@H]1NCc1ccc(Cl)cc1. The molecule has 3 heteroatoms. The summed E-state index contributed by atoms with van der Waals surface area (Å²) in [6, 6.07) is 10.0. The Bertz CT molecular complexity index is 418. The van der Waals surface area contributed by atoms with Crippen LogP contribution in [0.25, 0.3) is 0 Å². The van der Waals surface area contributed by atoms with E-state index < -0.39 is 0 Å². The van der Waals surface area contributed by atoms with E-state index in [0.29, 0.717) is 18.1 Å². The summed E-state index contributed by atoms with van der Waals surface area (Å²) in [7, 11) is 0. The molecule has 0 heterocycles. The molecule has 22 heavy (non-hydrogen) atoms. The van der Waals surface area contributed by atoms with Crippen LogP contribution >= 0.6 is 11.6 Å². The van der Waals surface area contributed by atoms with Crippen LogP contribution in [-0.2, 0) is 6.54 Å². The fourth-order valence-electron chi connectivity index (χ4n) is 3.38. The average molecular weight is 323 g/mol. The maximum absolute atomic E-state index is 5.95. The maximum atomic E-state index is 5.95. The normalized spacial score (nSPS) is 23.4. The third kappa shape index (κ3) is 5.91. The van der Waals surface area contributed by atoms with Gasteiger partial charge in [0.15, 0.2) is 0 Å². The van der Waals surface area contributed by atoms with Gasteiger partial charge in [-0.1, -0.05) is 56.3 Å². The first kappa shape index (κ1) is 17.8. The molecule has 1 aromatic rings. The number of benzene rings is 1. The van der Waals surface area contributed by atoms with Gasteiger partial charge in [0.2, 0.25) is 0 Å². The summed E-state index contributed by atoms with van der Waals surface area (Å²) in [5.41, 5.74) is 1.31. The van der Waals surface area contributed by atoms with Crippen LogP contribution in [-0.4, -0.2) is 18.1 Å². The van der Waals surface area contributed by atoms with Gasteiger partial charge < -0.3 is 10.6 Å². The molecule has 0 amide bonds. The van der Waals surface area contributed by atoms with E-state index in [2.05, 4.69) is 36.6 Å². The van der Waals surface area contributed by atoms with Gasteiger partial charge in [0.05, 0.1) is 0 Å². The van der Waals surface area contributed by atoms with E-state index in [-0.39, 0.29) is 0 Å². The van der Waals surface area contributed by atoms with Crippen molar-refractivity contribution in [3.05, 3.63) is 34.9 Å². The van der Waals surface area contributed by atoms with Crippen LogP contribution < -0.4 is 10.6 Å². The molecule has 0 radical (unpaired) electrons. The Labute approximate surface area is 141 Å². The standard InChI is InChI=1S/C19H31ClN2/c1-3-4-7-15(2)22-19-9-6-5-8-18(19)21-14-16-10-12-17(20)13-11-16/h10-13,15,18-19,21-22H,3-9,14H2,1-2H3/t15?,18-,19-/m1/s1. The smallest absolute Gasteiger partial charge is 0.0406 e. The van der Waals surface area contributed by atoms with Crippen LogP contribution in [0.15, 0.2) is 24.3 Å². The average Bonchev–Trinajstić information content (AvgIpc) is 2.53. The van der Waals surface area contributed by atoms with E-state index in [1.165, 1.54) is 50.5 Å². The Balaban J connectivity index is 1.82. The number of hydrogen-bond donors (Lipinski definition) is 2. The second kappa shape index (κ2) is 9.54. The lowest BCUT2D eigenvalue weighted by atomic mass is 9.89. The predicted octanol–water partition coefficient (Wildman–Crippen LogP) is 4.91. The molecule has 0 spiro atoms. The van der Waals surface area contributed by atoms with Gasteiger partial charge in [-0.15, -0.1) is 0 Å². The summed E-state index contributed by atoms with van der Waals surface area (Å²) in [6.07, 6.45) is 9.19. The molecule has 2 nitrogen and oxygen atoms in total. The van der Waals surface area contributed by atoms with E-state index in [1.54, 1.807) is 0 Å². The lowest BCUT2D eigenvalue weighted by molar-refractivity contribution is 0.261. The lowest BCUT2D eigenvalue weighted by Gasteiger charge is -2.35. The van der Waals surface area contributed by atoms with E-state index in [1.807, 2.05) is 12.1 Å². The molecule has 2 N–H and O–H groups in total. The minimum Gasteiger partial charge on any atom is -0.310 e. The minimum absolute atomic E-state index is 0.591. The second-order valence-electron chi connectivity index (χ2n) is 6.71. The van der Waals surface area contributed by atoms with Crippen molar-refractivity contribution in [2.75, 3.05) is 0 Å². The summed E-state index contributed by atoms with van der Waals surface area (Å²) >= 11 is 5.95. The molecule has 1 unspecified atom stereocenters. The largest absolute Gasteiger partial charge is 0.310 e. The zero-order chi connectivity index (χ0) is 15.8. The summed E-state index contributed by atoms with van der Waals surface area (Å²) in [6.45, 7) is 5.54. The van der Waals surface area contributed by atoms with Gasteiger partial charge in [-0.25, -0.2) is 0 Å². The molecule has 2 rings (SSSR count). The first-order valence-electron chi connectivity index (χ1n) is 8.93. The Morgan fingerprint density at radius 3 is 2.50 bits per heavy atom. The van der Waals surface area contributed by atoms with Crippen molar-refractivity contribution in [2.45, 2.75) is 83.5 Å². The highest BCUT2D eigenvalue weighted by Gasteiger charge is 2.25.